The molecule has 2 nitrogen and oxygen atoms in total. The molecule has 2 aromatic carbocycles. The first-order valence-corrected chi connectivity index (χ1v) is 7.27. The second-order valence-corrected chi connectivity index (χ2v) is 6.43. The van der Waals surface area contributed by atoms with E-state index in [2.05, 4.69) is 13.8 Å². The summed E-state index contributed by atoms with van der Waals surface area (Å²) >= 11 is 0. The highest BCUT2D eigenvalue weighted by atomic mass is 16.3. The standard InChI is InChI=1S/C19H24O2/c1-11-7-9-15(20)17(13(11)3)19(5,6)18-14(4)12(2)8-10-16(18)21/h7-10,20-21H,1-6H3. The minimum atomic E-state index is -0.472. The van der Waals surface area contributed by atoms with Crippen LogP contribution < -0.4 is 0 Å². The fourth-order valence-corrected chi connectivity index (χ4v) is 3.31. The molecule has 2 aromatic rings. The van der Waals surface area contributed by atoms with E-state index in [9.17, 15) is 10.2 Å². The molecule has 0 saturated heterocycles. The number of hydrogen-bond acceptors (Lipinski definition) is 2. The van der Waals surface area contributed by atoms with Crippen LogP contribution in [0.1, 0.15) is 47.2 Å². The molecule has 2 rings (SSSR count). The predicted molar refractivity (Wildman–Crippen MR) is 87.3 cm³/mol. The maximum absolute atomic E-state index is 10.4. The zero-order valence-electron chi connectivity index (χ0n) is 13.7. The zero-order chi connectivity index (χ0) is 15.9. The van der Waals surface area contributed by atoms with Crippen molar-refractivity contribution < 1.29 is 10.2 Å². The lowest BCUT2D eigenvalue weighted by Crippen LogP contribution is -2.23. The summed E-state index contributed by atoms with van der Waals surface area (Å²) in [7, 11) is 0. The smallest absolute Gasteiger partial charge is 0.119 e. The number of aryl methyl sites for hydroxylation is 2. The van der Waals surface area contributed by atoms with Crippen LogP contribution in [0, 0.1) is 27.7 Å². The first-order chi connectivity index (χ1) is 9.67. The van der Waals surface area contributed by atoms with E-state index in [0.29, 0.717) is 0 Å². The topological polar surface area (TPSA) is 40.5 Å². The van der Waals surface area contributed by atoms with E-state index in [1.165, 1.54) is 0 Å². The van der Waals surface area contributed by atoms with Crippen molar-refractivity contribution in [2.75, 3.05) is 0 Å². The van der Waals surface area contributed by atoms with Crippen LogP contribution in [-0.4, -0.2) is 10.2 Å². The third-order valence-corrected chi connectivity index (χ3v) is 4.68. The lowest BCUT2D eigenvalue weighted by molar-refractivity contribution is 0.433. The summed E-state index contributed by atoms with van der Waals surface area (Å²) in [6.45, 7) is 12.2. The Kier molecular flexibility index (Phi) is 3.75. The normalized spacial score (nSPS) is 11.7. The van der Waals surface area contributed by atoms with E-state index in [1.54, 1.807) is 12.1 Å². The van der Waals surface area contributed by atoms with E-state index >= 15 is 0 Å². The lowest BCUT2D eigenvalue weighted by atomic mass is 9.72. The molecule has 0 aliphatic rings. The Morgan fingerprint density at radius 2 is 1.00 bits per heavy atom. The molecule has 0 spiro atoms. The van der Waals surface area contributed by atoms with Gasteiger partial charge in [-0.2, -0.15) is 0 Å². The molecule has 0 atom stereocenters. The van der Waals surface area contributed by atoms with Crippen molar-refractivity contribution in [2.45, 2.75) is 47.0 Å². The molecule has 0 aromatic heterocycles. The van der Waals surface area contributed by atoms with Gasteiger partial charge < -0.3 is 10.2 Å². The summed E-state index contributed by atoms with van der Waals surface area (Å²) in [4.78, 5) is 0. The maximum Gasteiger partial charge on any atom is 0.119 e. The van der Waals surface area contributed by atoms with Crippen LogP contribution >= 0.6 is 0 Å². The molecule has 21 heavy (non-hydrogen) atoms. The Morgan fingerprint density at radius 1 is 0.667 bits per heavy atom. The second-order valence-electron chi connectivity index (χ2n) is 6.43. The molecular weight excluding hydrogens is 260 g/mol. The van der Waals surface area contributed by atoms with E-state index in [0.717, 1.165) is 33.4 Å². The molecule has 0 amide bonds. The Balaban J connectivity index is 2.80. The Labute approximate surface area is 127 Å². The van der Waals surface area contributed by atoms with Crippen LogP contribution in [0.3, 0.4) is 0 Å². The number of phenolic OH excluding ortho intramolecular Hbond substituents is 2. The fourth-order valence-electron chi connectivity index (χ4n) is 3.31. The van der Waals surface area contributed by atoms with Gasteiger partial charge in [-0.05, 0) is 62.1 Å². The SMILES string of the molecule is Cc1ccc(O)c(C(C)(C)c2c(O)ccc(C)c2C)c1C. The Morgan fingerprint density at radius 3 is 1.33 bits per heavy atom. The first kappa shape index (κ1) is 15.4. The van der Waals surface area contributed by atoms with Crippen molar-refractivity contribution >= 4 is 0 Å². The van der Waals surface area contributed by atoms with Crippen LogP contribution in [0.15, 0.2) is 24.3 Å². The number of benzene rings is 2. The van der Waals surface area contributed by atoms with Crippen molar-refractivity contribution in [3.63, 3.8) is 0 Å². The average Bonchev–Trinajstić information content (AvgIpc) is 2.39. The highest BCUT2D eigenvalue weighted by molar-refractivity contribution is 5.57. The van der Waals surface area contributed by atoms with Crippen LogP contribution in [0.25, 0.3) is 0 Å². The lowest BCUT2D eigenvalue weighted by Gasteiger charge is -2.32. The van der Waals surface area contributed by atoms with Gasteiger partial charge in [0.1, 0.15) is 11.5 Å². The largest absolute Gasteiger partial charge is 0.508 e. The summed E-state index contributed by atoms with van der Waals surface area (Å²) < 4.78 is 0. The van der Waals surface area contributed by atoms with Gasteiger partial charge >= 0.3 is 0 Å². The first-order valence-electron chi connectivity index (χ1n) is 7.27. The maximum atomic E-state index is 10.4. The summed E-state index contributed by atoms with van der Waals surface area (Å²) in [6.07, 6.45) is 0. The fraction of sp³-hybridized carbons (Fsp3) is 0.368. The van der Waals surface area contributed by atoms with Crippen molar-refractivity contribution in [3.8, 4) is 11.5 Å². The van der Waals surface area contributed by atoms with Gasteiger partial charge in [-0.1, -0.05) is 26.0 Å². The average molecular weight is 284 g/mol. The summed E-state index contributed by atoms with van der Waals surface area (Å²) in [5.41, 5.74) is 5.71. The van der Waals surface area contributed by atoms with Gasteiger partial charge in [-0.15, -0.1) is 0 Å². The van der Waals surface area contributed by atoms with Gasteiger partial charge in [0.05, 0.1) is 0 Å². The Hall–Kier alpha value is -1.96. The van der Waals surface area contributed by atoms with Crippen molar-refractivity contribution in [2.24, 2.45) is 0 Å². The number of rotatable bonds is 2. The highest BCUT2D eigenvalue weighted by Gasteiger charge is 2.32. The number of hydrogen-bond donors (Lipinski definition) is 2. The quantitative estimate of drug-likeness (QED) is 0.842. The molecule has 0 saturated carbocycles. The van der Waals surface area contributed by atoms with Gasteiger partial charge in [0, 0.05) is 16.5 Å². The molecule has 112 valence electrons. The molecular formula is C19H24O2. The zero-order valence-corrected chi connectivity index (χ0v) is 13.7. The van der Waals surface area contributed by atoms with Gasteiger partial charge in [0.15, 0.2) is 0 Å². The number of phenols is 2. The van der Waals surface area contributed by atoms with E-state index in [4.69, 9.17) is 0 Å². The molecule has 2 N–H and O–H groups in total. The summed E-state index contributed by atoms with van der Waals surface area (Å²) in [6, 6.07) is 7.32. The molecule has 0 aliphatic carbocycles. The highest BCUT2D eigenvalue weighted by Crippen LogP contribution is 2.44. The van der Waals surface area contributed by atoms with Gasteiger partial charge in [0.2, 0.25) is 0 Å². The van der Waals surface area contributed by atoms with Gasteiger partial charge in [-0.3, -0.25) is 0 Å². The van der Waals surface area contributed by atoms with Crippen LogP contribution in [0.4, 0.5) is 0 Å². The molecule has 0 fully saturated rings. The van der Waals surface area contributed by atoms with Crippen LogP contribution in [0.5, 0.6) is 11.5 Å². The predicted octanol–water partition coefficient (Wildman–Crippen LogP) is 4.66. The molecule has 0 bridgehead atoms. The van der Waals surface area contributed by atoms with Crippen LogP contribution in [0.2, 0.25) is 0 Å². The monoisotopic (exact) mass is 284 g/mol. The summed E-state index contributed by atoms with van der Waals surface area (Å²) in [5, 5.41) is 20.8. The minimum Gasteiger partial charge on any atom is -0.508 e. The van der Waals surface area contributed by atoms with Crippen LogP contribution in [-0.2, 0) is 5.41 Å². The third kappa shape index (κ3) is 2.39. The molecule has 0 unspecified atom stereocenters. The van der Waals surface area contributed by atoms with E-state index in [1.807, 2.05) is 39.8 Å². The van der Waals surface area contributed by atoms with Crippen molar-refractivity contribution in [1.82, 2.24) is 0 Å². The van der Waals surface area contributed by atoms with E-state index < -0.39 is 5.41 Å². The third-order valence-electron chi connectivity index (χ3n) is 4.68. The summed E-state index contributed by atoms with van der Waals surface area (Å²) in [5.74, 6) is 0.562. The minimum absolute atomic E-state index is 0.281. The van der Waals surface area contributed by atoms with E-state index in [-0.39, 0.29) is 11.5 Å². The molecule has 0 aliphatic heterocycles. The van der Waals surface area contributed by atoms with Gasteiger partial charge in [0.25, 0.3) is 0 Å². The Bertz CT molecular complexity index is 638. The number of aromatic hydroxyl groups is 2. The molecule has 2 heteroatoms. The molecule has 0 heterocycles. The molecule has 0 radical (unpaired) electrons. The van der Waals surface area contributed by atoms with Gasteiger partial charge in [-0.25, -0.2) is 0 Å². The second kappa shape index (κ2) is 5.10. The van der Waals surface area contributed by atoms with Crippen molar-refractivity contribution in [3.05, 3.63) is 57.6 Å². The van der Waals surface area contributed by atoms with Crippen molar-refractivity contribution in [1.29, 1.82) is 0 Å².